The van der Waals surface area contributed by atoms with Gasteiger partial charge in [0.2, 0.25) is 5.91 Å². The number of benzene rings is 1. The number of rotatable bonds is 7. The number of carbonyl (C=O) groups excluding carboxylic acids is 2. The highest BCUT2D eigenvalue weighted by Gasteiger charge is 2.43. The van der Waals surface area contributed by atoms with E-state index in [1.54, 1.807) is 19.1 Å². The Morgan fingerprint density at radius 2 is 1.97 bits per heavy atom. The van der Waals surface area contributed by atoms with E-state index in [1.807, 2.05) is 17.9 Å². The average Bonchev–Trinajstić information content (AvgIpc) is 3.10. The van der Waals surface area contributed by atoms with Gasteiger partial charge in [-0.2, -0.15) is 0 Å². The third-order valence-electron chi connectivity index (χ3n) is 6.26. The van der Waals surface area contributed by atoms with Crippen molar-refractivity contribution in [2.24, 2.45) is 5.92 Å². The molecule has 172 valence electrons. The van der Waals surface area contributed by atoms with Crippen LogP contribution in [0.1, 0.15) is 58.4 Å². The van der Waals surface area contributed by atoms with Gasteiger partial charge in [-0.15, -0.1) is 0 Å². The summed E-state index contributed by atoms with van der Waals surface area (Å²) in [7, 11) is 0. The molecular weight excluding hydrogens is 416 g/mol. The summed E-state index contributed by atoms with van der Waals surface area (Å²) in [5.74, 6) is 1.13. The van der Waals surface area contributed by atoms with Gasteiger partial charge in [-0.3, -0.25) is 9.59 Å². The lowest BCUT2D eigenvalue weighted by atomic mass is 9.88. The van der Waals surface area contributed by atoms with Crippen LogP contribution in [0.3, 0.4) is 0 Å². The van der Waals surface area contributed by atoms with E-state index >= 15 is 0 Å². The number of amides is 2. The average molecular weight is 451 g/mol. The first-order valence-corrected chi connectivity index (χ1v) is 11.7. The molecule has 0 aliphatic carbocycles. The van der Waals surface area contributed by atoms with Crippen LogP contribution in [0.2, 0.25) is 5.02 Å². The van der Waals surface area contributed by atoms with Crippen molar-refractivity contribution in [3.8, 4) is 5.75 Å². The van der Waals surface area contributed by atoms with Crippen LogP contribution in [0.25, 0.3) is 0 Å². The van der Waals surface area contributed by atoms with Crippen LogP contribution in [-0.2, 0) is 14.3 Å². The number of nitrogens with one attached hydrogen (secondary N) is 1. The number of likely N-dealkylation sites (tertiary alicyclic amines) is 1. The lowest BCUT2D eigenvalue weighted by molar-refractivity contribution is -0.139. The highest BCUT2D eigenvalue weighted by molar-refractivity contribution is 6.30. The van der Waals surface area contributed by atoms with Crippen LogP contribution in [0.15, 0.2) is 18.2 Å². The molecule has 0 unspecified atom stereocenters. The number of ether oxygens (including phenoxy) is 2. The molecule has 2 amide bonds. The number of hydrogen-bond acceptors (Lipinski definition) is 4. The van der Waals surface area contributed by atoms with Crippen LogP contribution in [-0.4, -0.2) is 54.2 Å². The predicted molar refractivity (Wildman–Crippen MR) is 121 cm³/mol. The monoisotopic (exact) mass is 450 g/mol. The minimum absolute atomic E-state index is 0.00586. The molecule has 0 bridgehead atoms. The summed E-state index contributed by atoms with van der Waals surface area (Å²) in [6.45, 7) is 9.79. The number of piperidine rings is 1. The molecule has 1 N–H and O–H groups in total. The molecule has 3 rings (SSSR count). The van der Waals surface area contributed by atoms with Crippen molar-refractivity contribution >= 4 is 23.4 Å². The first-order valence-electron chi connectivity index (χ1n) is 11.3. The van der Waals surface area contributed by atoms with Crippen molar-refractivity contribution in [1.82, 2.24) is 10.2 Å². The number of nitrogens with zero attached hydrogens (tertiary/aromatic N) is 1. The number of halogens is 1. The number of carbonyl (C=O) groups is 2. The van der Waals surface area contributed by atoms with E-state index in [2.05, 4.69) is 19.2 Å². The van der Waals surface area contributed by atoms with Crippen molar-refractivity contribution in [2.45, 2.75) is 77.6 Å². The van der Waals surface area contributed by atoms with E-state index < -0.39 is 6.10 Å². The van der Waals surface area contributed by atoms with E-state index in [-0.39, 0.29) is 23.5 Å². The molecule has 2 aliphatic heterocycles. The summed E-state index contributed by atoms with van der Waals surface area (Å²) in [5, 5.41) is 3.61. The molecule has 0 radical (unpaired) electrons. The Morgan fingerprint density at radius 3 is 2.61 bits per heavy atom. The molecule has 1 aromatic carbocycles. The van der Waals surface area contributed by atoms with Gasteiger partial charge in [-0.25, -0.2) is 0 Å². The predicted octanol–water partition coefficient (Wildman–Crippen LogP) is 4.12. The van der Waals surface area contributed by atoms with Crippen LogP contribution >= 0.6 is 11.6 Å². The third kappa shape index (κ3) is 6.36. The smallest absolute Gasteiger partial charge is 0.260 e. The Balaban J connectivity index is 1.42. The Morgan fingerprint density at radius 1 is 1.26 bits per heavy atom. The van der Waals surface area contributed by atoms with Gasteiger partial charge in [-0.05, 0) is 69.2 Å². The maximum Gasteiger partial charge on any atom is 0.260 e. The zero-order chi connectivity index (χ0) is 22.6. The highest BCUT2D eigenvalue weighted by Crippen LogP contribution is 2.39. The lowest BCUT2D eigenvalue weighted by Gasteiger charge is -2.39. The molecule has 2 fully saturated rings. The quantitative estimate of drug-likeness (QED) is 0.678. The highest BCUT2D eigenvalue weighted by atomic mass is 35.5. The van der Waals surface area contributed by atoms with Crippen molar-refractivity contribution in [3.63, 3.8) is 0 Å². The second-order valence-corrected chi connectivity index (χ2v) is 9.79. The zero-order valence-electron chi connectivity index (χ0n) is 19.1. The minimum atomic E-state index is -0.606. The van der Waals surface area contributed by atoms with Gasteiger partial charge in [-0.1, -0.05) is 25.4 Å². The normalized spacial score (nSPS) is 21.4. The summed E-state index contributed by atoms with van der Waals surface area (Å²) in [6, 6.07) is 5.35. The van der Waals surface area contributed by atoms with E-state index in [9.17, 15) is 9.59 Å². The van der Waals surface area contributed by atoms with E-state index in [0.717, 1.165) is 44.3 Å². The van der Waals surface area contributed by atoms with Gasteiger partial charge in [0.15, 0.2) is 6.10 Å². The Kier molecular flexibility index (Phi) is 7.87. The number of hydrogen-bond donors (Lipinski definition) is 1. The molecule has 1 aromatic rings. The van der Waals surface area contributed by atoms with E-state index in [0.29, 0.717) is 29.7 Å². The fourth-order valence-electron chi connectivity index (χ4n) is 4.40. The van der Waals surface area contributed by atoms with Gasteiger partial charge >= 0.3 is 0 Å². The van der Waals surface area contributed by atoms with Crippen molar-refractivity contribution in [1.29, 1.82) is 0 Å². The van der Waals surface area contributed by atoms with Gasteiger partial charge in [0.1, 0.15) is 5.75 Å². The topological polar surface area (TPSA) is 67.9 Å². The first-order chi connectivity index (χ1) is 14.7. The van der Waals surface area contributed by atoms with Crippen LogP contribution in [0.5, 0.6) is 5.75 Å². The van der Waals surface area contributed by atoms with Crippen LogP contribution in [0, 0.1) is 12.8 Å². The van der Waals surface area contributed by atoms with Gasteiger partial charge in [0, 0.05) is 31.1 Å². The molecule has 2 atom stereocenters. The lowest BCUT2D eigenvalue weighted by Crippen LogP contribution is -2.47. The number of aryl methyl sites for hydroxylation is 1. The zero-order valence-corrected chi connectivity index (χ0v) is 19.8. The summed E-state index contributed by atoms with van der Waals surface area (Å²) in [5.41, 5.74) is 0.749. The fourth-order valence-corrected chi connectivity index (χ4v) is 4.62. The first kappa shape index (κ1) is 23.9. The van der Waals surface area contributed by atoms with E-state index in [1.165, 1.54) is 0 Å². The van der Waals surface area contributed by atoms with Gasteiger partial charge in [0.05, 0.1) is 11.7 Å². The molecule has 0 aromatic heterocycles. The SMILES string of the molecule is Cc1cc(Cl)ccc1O[C@@H](C)C(=O)NC[C@H]1CCC2(CCN(C(=O)CC(C)C)CC2)O1. The molecule has 1 spiro atoms. The standard InChI is InChI=1S/C24H35ClN2O4/c1-16(2)13-22(28)27-11-9-24(10-12-27)8-7-20(31-24)15-26-23(29)18(4)30-21-6-5-19(25)14-17(21)3/h5-6,14,16,18,20H,7-13,15H2,1-4H3,(H,26,29)/t18-,20+/m0/s1. The van der Waals surface area contributed by atoms with Crippen LogP contribution in [0.4, 0.5) is 0 Å². The Bertz CT molecular complexity index is 790. The van der Waals surface area contributed by atoms with Gasteiger partial charge < -0.3 is 19.7 Å². The minimum Gasteiger partial charge on any atom is -0.481 e. The summed E-state index contributed by atoms with van der Waals surface area (Å²) < 4.78 is 12.2. The molecule has 2 saturated heterocycles. The molecule has 7 heteroatoms. The third-order valence-corrected chi connectivity index (χ3v) is 6.50. The van der Waals surface area contributed by atoms with Crippen molar-refractivity contribution < 1.29 is 19.1 Å². The summed E-state index contributed by atoms with van der Waals surface area (Å²) >= 11 is 5.98. The van der Waals surface area contributed by atoms with Gasteiger partial charge in [0.25, 0.3) is 5.91 Å². The fraction of sp³-hybridized carbons (Fsp3) is 0.667. The van der Waals surface area contributed by atoms with Crippen LogP contribution < -0.4 is 10.1 Å². The second-order valence-electron chi connectivity index (χ2n) is 9.36. The molecule has 31 heavy (non-hydrogen) atoms. The molecule has 2 aliphatic rings. The van der Waals surface area contributed by atoms with E-state index in [4.69, 9.17) is 21.1 Å². The maximum atomic E-state index is 12.5. The second kappa shape index (κ2) is 10.2. The largest absolute Gasteiger partial charge is 0.481 e. The van der Waals surface area contributed by atoms with Crippen molar-refractivity contribution in [2.75, 3.05) is 19.6 Å². The molecule has 6 nitrogen and oxygen atoms in total. The maximum absolute atomic E-state index is 12.5. The van der Waals surface area contributed by atoms with Crippen molar-refractivity contribution in [3.05, 3.63) is 28.8 Å². The summed E-state index contributed by atoms with van der Waals surface area (Å²) in [4.78, 5) is 26.8. The molecule has 0 saturated carbocycles. The molecule has 2 heterocycles. The molecular formula is C24H35ClN2O4. The Hall–Kier alpha value is -1.79. The summed E-state index contributed by atoms with van der Waals surface area (Å²) in [6.07, 6.45) is 3.66. The Labute approximate surface area is 190 Å².